The number of aromatic nitrogens is 1. The Kier molecular flexibility index (Phi) is 5.40. The number of fused-ring (bicyclic) bond motifs is 1. The maximum Gasteiger partial charge on any atom is 0.282 e. The average molecular weight is 426 g/mol. The molecule has 0 spiro atoms. The number of ether oxygens (including phenoxy) is 2. The van der Waals surface area contributed by atoms with E-state index in [1.54, 1.807) is 29.7 Å². The fourth-order valence-corrected chi connectivity index (χ4v) is 3.68. The zero-order chi connectivity index (χ0) is 21.1. The molecule has 4 rings (SSSR count). The van der Waals surface area contributed by atoms with Crippen molar-refractivity contribution < 1.29 is 18.8 Å². The number of halogens is 1. The van der Waals surface area contributed by atoms with Crippen molar-refractivity contribution in [2.75, 3.05) is 13.3 Å². The number of nitrogens with zero attached hydrogens (tertiary/aromatic N) is 4. The normalized spacial score (nSPS) is 13.2. The van der Waals surface area contributed by atoms with Gasteiger partial charge in [-0.2, -0.15) is 5.10 Å². The first kappa shape index (κ1) is 19.5. The summed E-state index contributed by atoms with van der Waals surface area (Å²) in [5, 5.41) is 17.6. The van der Waals surface area contributed by atoms with Crippen LogP contribution in [0.3, 0.4) is 0 Å². The van der Waals surface area contributed by atoms with Gasteiger partial charge in [0.1, 0.15) is 5.82 Å². The zero-order valence-corrected chi connectivity index (χ0v) is 16.3. The van der Waals surface area contributed by atoms with E-state index in [0.717, 1.165) is 0 Å². The van der Waals surface area contributed by atoms with E-state index in [4.69, 9.17) is 9.47 Å². The lowest BCUT2D eigenvalue weighted by Crippen LogP contribution is -2.13. The van der Waals surface area contributed by atoms with Gasteiger partial charge in [-0.15, -0.1) is 17.9 Å². The molecular formula is C20H15FN4O4S. The summed E-state index contributed by atoms with van der Waals surface area (Å²) in [4.78, 5) is 15.8. The molecule has 2 heterocycles. The Hall–Kier alpha value is -3.79. The monoisotopic (exact) mass is 426 g/mol. The second kappa shape index (κ2) is 8.29. The standard InChI is InChI=1S/C20H15FN4O4S/c1-2-7-22-20-24(17(11-30-20)14-5-3-4-6-15(14)21)23-10-13-8-18-19(29-12-28-18)9-16(13)25(26)27/h2-6,8-11H,1,7,12H2/b22-20?,23-10+. The van der Waals surface area contributed by atoms with Crippen molar-refractivity contribution in [1.82, 2.24) is 4.68 Å². The molecule has 0 fully saturated rings. The number of hydrogen-bond donors (Lipinski definition) is 0. The predicted molar refractivity (Wildman–Crippen MR) is 111 cm³/mol. The Balaban J connectivity index is 1.84. The lowest BCUT2D eigenvalue weighted by molar-refractivity contribution is -0.385. The molecule has 152 valence electrons. The molecule has 0 unspecified atom stereocenters. The van der Waals surface area contributed by atoms with Gasteiger partial charge in [-0.1, -0.05) is 18.2 Å². The van der Waals surface area contributed by atoms with Gasteiger partial charge in [0.05, 0.1) is 35.0 Å². The maximum atomic E-state index is 14.4. The molecule has 0 N–H and O–H groups in total. The van der Waals surface area contributed by atoms with E-state index in [1.807, 2.05) is 0 Å². The molecule has 30 heavy (non-hydrogen) atoms. The lowest BCUT2D eigenvalue weighted by atomic mass is 10.1. The third kappa shape index (κ3) is 3.72. The molecule has 0 amide bonds. The number of thiazole rings is 1. The van der Waals surface area contributed by atoms with Gasteiger partial charge in [-0.05, 0) is 18.2 Å². The molecule has 2 aromatic carbocycles. The second-order valence-corrected chi connectivity index (χ2v) is 6.93. The van der Waals surface area contributed by atoms with Gasteiger partial charge in [-0.25, -0.2) is 9.07 Å². The van der Waals surface area contributed by atoms with Crippen LogP contribution in [-0.2, 0) is 0 Å². The lowest BCUT2D eigenvalue weighted by Gasteiger charge is -2.05. The van der Waals surface area contributed by atoms with Crippen molar-refractivity contribution in [1.29, 1.82) is 0 Å². The molecular weight excluding hydrogens is 411 g/mol. The van der Waals surface area contributed by atoms with E-state index in [9.17, 15) is 14.5 Å². The first-order chi connectivity index (χ1) is 14.6. The number of rotatable bonds is 6. The summed E-state index contributed by atoms with van der Waals surface area (Å²) >= 11 is 1.27. The second-order valence-electron chi connectivity index (χ2n) is 6.09. The summed E-state index contributed by atoms with van der Waals surface area (Å²) in [6.45, 7) is 3.98. The summed E-state index contributed by atoms with van der Waals surface area (Å²) in [6.07, 6.45) is 2.95. The smallest absolute Gasteiger partial charge is 0.282 e. The van der Waals surface area contributed by atoms with Gasteiger partial charge in [0.25, 0.3) is 5.69 Å². The van der Waals surface area contributed by atoms with E-state index >= 15 is 0 Å². The van der Waals surface area contributed by atoms with Gasteiger partial charge in [0.2, 0.25) is 11.6 Å². The van der Waals surface area contributed by atoms with Crippen molar-refractivity contribution in [3.05, 3.63) is 80.7 Å². The van der Waals surface area contributed by atoms with Crippen molar-refractivity contribution >= 4 is 23.2 Å². The third-order valence-electron chi connectivity index (χ3n) is 4.22. The van der Waals surface area contributed by atoms with Gasteiger partial charge >= 0.3 is 0 Å². The van der Waals surface area contributed by atoms with Gasteiger partial charge in [0.15, 0.2) is 11.5 Å². The Morgan fingerprint density at radius 3 is 2.80 bits per heavy atom. The van der Waals surface area contributed by atoms with Crippen LogP contribution in [0.4, 0.5) is 10.1 Å². The summed E-state index contributed by atoms with van der Waals surface area (Å²) in [7, 11) is 0. The molecule has 1 aliphatic rings. The van der Waals surface area contributed by atoms with Crippen LogP contribution >= 0.6 is 11.3 Å². The largest absolute Gasteiger partial charge is 0.454 e. The average Bonchev–Trinajstić information content (AvgIpc) is 3.36. The molecule has 0 aliphatic carbocycles. The maximum absolute atomic E-state index is 14.4. The molecule has 3 aromatic rings. The van der Waals surface area contributed by atoms with Gasteiger partial charge < -0.3 is 9.47 Å². The molecule has 10 heteroatoms. The molecule has 0 saturated carbocycles. The molecule has 0 bridgehead atoms. The summed E-state index contributed by atoms with van der Waals surface area (Å²) in [5.41, 5.74) is 0.847. The summed E-state index contributed by atoms with van der Waals surface area (Å²) in [5.74, 6) is 0.280. The fraction of sp³-hybridized carbons (Fsp3) is 0.100. The van der Waals surface area contributed by atoms with Crippen LogP contribution in [0.1, 0.15) is 5.56 Å². The van der Waals surface area contributed by atoms with E-state index in [-0.39, 0.29) is 18.0 Å². The Labute approximate surface area is 174 Å². The molecule has 1 aromatic heterocycles. The highest BCUT2D eigenvalue weighted by atomic mass is 32.1. The van der Waals surface area contributed by atoms with E-state index in [1.165, 1.54) is 40.4 Å². The van der Waals surface area contributed by atoms with E-state index < -0.39 is 10.7 Å². The molecule has 0 radical (unpaired) electrons. The first-order valence-corrected chi connectivity index (χ1v) is 9.65. The quantitative estimate of drug-likeness (QED) is 0.258. The highest BCUT2D eigenvalue weighted by molar-refractivity contribution is 7.07. The highest BCUT2D eigenvalue weighted by Gasteiger charge is 2.22. The van der Waals surface area contributed by atoms with Crippen LogP contribution in [0.25, 0.3) is 11.3 Å². The fourth-order valence-electron chi connectivity index (χ4n) is 2.84. The van der Waals surface area contributed by atoms with Gasteiger partial charge in [0, 0.05) is 10.9 Å². The van der Waals surface area contributed by atoms with Crippen LogP contribution in [0, 0.1) is 15.9 Å². The minimum absolute atomic E-state index is 0.00558. The Morgan fingerprint density at radius 2 is 2.07 bits per heavy atom. The van der Waals surface area contributed by atoms with Crippen LogP contribution in [0.5, 0.6) is 11.5 Å². The number of nitro benzene ring substituents is 1. The topological polar surface area (TPSA) is 91.2 Å². The molecule has 0 saturated heterocycles. The van der Waals surface area contributed by atoms with Crippen molar-refractivity contribution in [2.24, 2.45) is 10.1 Å². The SMILES string of the molecule is C=CCN=c1scc(-c2ccccc2F)n1/N=C/c1cc2c(cc1[N+](=O)[O-])OCO2. The Bertz CT molecular complexity index is 1230. The molecule has 1 aliphatic heterocycles. The minimum atomic E-state index is -0.525. The van der Waals surface area contributed by atoms with Crippen LogP contribution in [-0.4, -0.2) is 29.2 Å². The Morgan fingerprint density at radius 1 is 1.30 bits per heavy atom. The number of nitro groups is 1. The zero-order valence-electron chi connectivity index (χ0n) is 15.5. The summed E-state index contributed by atoms with van der Waals surface area (Å²) < 4.78 is 26.3. The van der Waals surface area contributed by atoms with E-state index in [2.05, 4.69) is 16.7 Å². The van der Waals surface area contributed by atoms with E-state index in [0.29, 0.717) is 34.1 Å². The van der Waals surface area contributed by atoms with Crippen molar-refractivity contribution in [3.8, 4) is 22.8 Å². The number of benzene rings is 2. The van der Waals surface area contributed by atoms with Crippen molar-refractivity contribution in [2.45, 2.75) is 0 Å². The van der Waals surface area contributed by atoms with Crippen LogP contribution < -0.4 is 14.3 Å². The third-order valence-corrected chi connectivity index (χ3v) is 5.08. The number of hydrogen-bond acceptors (Lipinski definition) is 7. The highest BCUT2D eigenvalue weighted by Crippen LogP contribution is 2.37. The first-order valence-electron chi connectivity index (χ1n) is 8.77. The summed E-state index contributed by atoms with van der Waals surface area (Å²) in [6, 6.07) is 9.07. The van der Waals surface area contributed by atoms with Crippen LogP contribution in [0.15, 0.2) is 64.5 Å². The predicted octanol–water partition coefficient (Wildman–Crippen LogP) is 3.96. The van der Waals surface area contributed by atoms with Crippen molar-refractivity contribution in [3.63, 3.8) is 0 Å². The van der Waals surface area contributed by atoms with Crippen LogP contribution in [0.2, 0.25) is 0 Å². The van der Waals surface area contributed by atoms with Gasteiger partial charge in [-0.3, -0.25) is 15.1 Å². The molecule has 8 nitrogen and oxygen atoms in total. The minimum Gasteiger partial charge on any atom is -0.454 e. The molecule has 0 atom stereocenters.